The van der Waals surface area contributed by atoms with E-state index in [2.05, 4.69) is 15.9 Å². The lowest BCUT2D eigenvalue weighted by Crippen LogP contribution is -2.19. The zero-order valence-electron chi connectivity index (χ0n) is 9.62. The monoisotopic (exact) mass is 297 g/mol. The summed E-state index contributed by atoms with van der Waals surface area (Å²) in [5, 5.41) is 0. The number of halogens is 1. The van der Waals surface area contributed by atoms with E-state index < -0.39 is 0 Å². The Morgan fingerprint density at radius 1 is 1.18 bits per heavy atom. The highest BCUT2D eigenvalue weighted by molar-refractivity contribution is 9.10. The van der Waals surface area contributed by atoms with Crippen LogP contribution in [0.4, 0.5) is 0 Å². The van der Waals surface area contributed by atoms with E-state index in [9.17, 15) is 0 Å². The molecule has 3 rings (SSSR count). The highest BCUT2D eigenvalue weighted by Gasteiger charge is 2.26. The van der Waals surface area contributed by atoms with Crippen LogP contribution in [0.1, 0.15) is 37.3 Å². The number of benzene rings is 1. The number of hydrogen-bond acceptors (Lipinski definition) is 3. The second-order valence-corrected chi connectivity index (χ2v) is 5.65. The van der Waals surface area contributed by atoms with Gasteiger partial charge < -0.3 is 15.2 Å². The number of ether oxygens (including phenoxy) is 2. The fourth-order valence-corrected chi connectivity index (χ4v) is 3.35. The Morgan fingerprint density at radius 3 is 2.53 bits per heavy atom. The minimum atomic E-state index is 0.0985. The molecule has 0 saturated heterocycles. The first-order chi connectivity index (χ1) is 8.25. The fourth-order valence-electron chi connectivity index (χ4n) is 2.76. The smallest absolute Gasteiger partial charge is 0.231 e. The second kappa shape index (κ2) is 4.50. The van der Waals surface area contributed by atoms with Crippen molar-refractivity contribution in [2.75, 3.05) is 6.79 Å². The number of nitrogens with two attached hydrogens (primary N) is 1. The molecule has 1 aliphatic carbocycles. The van der Waals surface area contributed by atoms with Crippen LogP contribution in [-0.4, -0.2) is 6.79 Å². The third-order valence-electron chi connectivity index (χ3n) is 3.76. The predicted octanol–water partition coefficient (Wildman–Crippen LogP) is 3.37. The van der Waals surface area contributed by atoms with Crippen molar-refractivity contribution >= 4 is 15.9 Å². The van der Waals surface area contributed by atoms with Gasteiger partial charge in [0.25, 0.3) is 0 Å². The van der Waals surface area contributed by atoms with Gasteiger partial charge in [0.1, 0.15) is 0 Å². The predicted molar refractivity (Wildman–Crippen MR) is 69.2 cm³/mol. The molecule has 1 aromatic rings. The van der Waals surface area contributed by atoms with E-state index in [0.29, 0.717) is 12.7 Å². The third kappa shape index (κ3) is 2.04. The molecule has 0 amide bonds. The maximum atomic E-state index is 6.37. The van der Waals surface area contributed by atoms with E-state index in [1.54, 1.807) is 0 Å². The minimum Gasteiger partial charge on any atom is -0.454 e. The fraction of sp³-hybridized carbons (Fsp3) is 0.538. The Hall–Kier alpha value is -0.740. The minimum absolute atomic E-state index is 0.0985. The molecule has 0 radical (unpaired) electrons. The highest BCUT2D eigenvalue weighted by atomic mass is 79.9. The van der Waals surface area contributed by atoms with Crippen LogP contribution in [-0.2, 0) is 0 Å². The topological polar surface area (TPSA) is 44.5 Å². The summed E-state index contributed by atoms with van der Waals surface area (Å²) in [6.45, 7) is 0.309. The van der Waals surface area contributed by atoms with Crippen LogP contribution in [0.2, 0.25) is 0 Å². The molecule has 0 spiro atoms. The maximum Gasteiger partial charge on any atom is 0.231 e. The van der Waals surface area contributed by atoms with E-state index >= 15 is 0 Å². The average molecular weight is 298 g/mol. The van der Waals surface area contributed by atoms with Gasteiger partial charge in [-0.15, -0.1) is 0 Å². The van der Waals surface area contributed by atoms with E-state index in [4.69, 9.17) is 15.2 Å². The molecule has 3 nitrogen and oxygen atoms in total. The van der Waals surface area contributed by atoms with E-state index in [-0.39, 0.29) is 6.04 Å². The molecule has 0 bridgehead atoms. The molecule has 17 heavy (non-hydrogen) atoms. The van der Waals surface area contributed by atoms with Crippen molar-refractivity contribution in [3.63, 3.8) is 0 Å². The molecule has 1 aromatic carbocycles. The SMILES string of the molecule is N[C@H](c1cc2c(cc1Br)OCO2)C1CCCC1. The highest BCUT2D eigenvalue weighted by Crippen LogP contribution is 2.42. The van der Waals surface area contributed by atoms with Crippen LogP contribution in [0.5, 0.6) is 11.5 Å². The molecule has 0 aromatic heterocycles. The summed E-state index contributed by atoms with van der Waals surface area (Å²) in [7, 11) is 0. The third-order valence-corrected chi connectivity index (χ3v) is 4.45. The lowest BCUT2D eigenvalue weighted by Gasteiger charge is -2.20. The van der Waals surface area contributed by atoms with Crippen molar-refractivity contribution in [1.82, 2.24) is 0 Å². The second-order valence-electron chi connectivity index (χ2n) is 4.80. The number of rotatable bonds is 2. The normalized spacial score (nSPS) is 20.8. The Kier molecular flexibility index (Phi) is 3.01. The lowest BCUT2D eigenvalue weighted by molar-refractivity contribution is 0.174. The van der Waals surface area contributed by atoms with Crippen molar-refractivity contribution in [3.05, 3.63) is 22.2 Å². The molecular formula is C13H16BrNO2. The first-order valence-electron chi connectivity index (χ1n) is 6.10. The van der Waals surface area contributed by atoms with Gasteiger partial charge in [-0.05, 0) is 36.5 Å². The maximum absolute atomic E-state index is 6.37. The van der Waals surface area contributed by atoms with E-state index in [0.717, 1.165) is 21.5 Å². The zero-order chi connectivity index (χ0) is 11.8. The summed E-state index contributed by atoms with van der Waals surface area (Å²) in [5.41, 5.74) is 7.51. The Morgan fingerprint density at radius 2 is 1.82 bits per heavy atom. The summed E-state index contributed by atoms with van der Waals surface area (Å²) in [6, 6.07) is 4.09. The quantitative estimate of drug-likeness (QED) is 0.910. The standard InChI is InChI=1S/C13H16BrNO2/c14-10-6-12-11(16-7-17-12)5-9(10)13(15)8-3-1-2-4-8/h5-6,8,13H,1-4,7,15H2/t13-/m0/s1. The lowest BCUT2D eigenvalue weighted by atomic mass is 9.92. The molecule has 1 aliphatic heterocycles. The van der Waals surface area contributed by atoms with Crippen molar-refractivity contribution in [2.45, 2.75) is 31.7 Å². The van der Waals surface area contributed by atoms with Gasteiger partial charge in [0.05, 0.1) is 0 Å². The van der Waals surface area contributed by atoms with Gasteiger partial charge in [-0.1, -0.05) is 28.8 Å². The first-order valence-corrected chi connectivity index (χ1v) is 6.89. The average Bonchev–Trinajstić information content (AvgIpc) is 2.97. The Labute approximate surface area is 109 Å². The molecular weight excluding hydrogens is 282 g/mol. The molecule has 1 fully saturated rings. The summed E-state index contributed by atoms with van der Waals surface area (Å²) in [5.74, 6) is 2.22. The zero-order valence-corrected chi connectivity index (χ0v) is 11.2. The van der Waals surface area contributed by atoms with Crippen molar-refractivity contribution in [1.29, 1.82) is 0 Å². The van der Waals surface area contributed by atoms with Gasteiger partial charge in [-0.2, -0.15) is 0 Å². The summed E-state index contributed by atoms with van der Waals surface area (Å²) in [6.07, 6.45) is 5.09. The van der Waals surface area contributed by atoms with Gasteiger partial charge >= 0.3 is 0 Å². The molecule has 2 N–H and O–H groups in total. The number of hydrogen-bond donors (Lipinski definition) is 1. The summed E-state index contributed by atoms with van der Waals surface area (Å²) < 4.78 is 11.8. The molecule has 1 atom stereocenters. The van der Waals surface area contributed by atoms with Gasteiger partial charge in [-0.25, -0.2) is 0 Å². The van der Waals surface area contributed by atoms with Gasteiger partial charge in [0.2, 0.25) is 6.79 Å². The summed E-state index contributed by atoms with van der Waals surface area (Å²) in [4.78, 5) is 0. The molecule has 92 valence electrons. The van der Waals surface area contributed by atoms with Crippen LogP contribution < -0.4 is 15.2 Å². The summed E-state index contributed by atoms with van der Waals surface area (Å²) >= 11 is 3.58. The molecule has 2 aliphatic rings. The van der Waals surface area contributed by atoms with Crippen molar-refractivity contribution < 1.29 is 9.47 Å². The molecule has 1 heterocycles. The van der Waals surface area contributed by atoms with Crippen LogP contribution >= 0.6 is 15.9 Å². The molecule has 4 heteroatoms. The van der Waals surface area contributed by atoms with Gasteiger partial charge in [0.15, 0.2) is 11.5 Å². The van der Waals surface area contributed by atoms with Crippen molar-refractivity contribution in [3.8, 4) is 11.5 Å². The van der Waals surface area contributed by atoms with E-state index in [1.165, 1.54) is 25.7 Å². The Balaban J connectivity index is 1.91. The van der Waals surface area contributed by atoms with Gasteiger partial charge in [0, 0.05) is 10.5 Å². The number of fused-ring (bicyclic) bond motifs is 1. The molecule has 1 saturated carbocycles. The van der Waals surface area contributed by atoms with Crippen LogP contribution in [0.3, 0.4) is 0 Å². The van der Waals surface area contributed by atoms with Crippen LogP contribution in [0, 0.1) is 5.92 Å². The first kappa shape index (κ1) is 11.4. The van der Waals surface area contributed by atoms with Gasteiger partial charge in [-0.3, -0.25) is 0 Å². The van der Waals surface area contributed by atoms with Crippen molar-refractivity contribution in [2.24, 2.45) is 11.7 Å². The largest absolute Gasteiger partial charge is 0.454 e. The van der Waals surface area contributed by atoms with Crippen LogP contribution in [0.15, 0.2) is 16.6 Å². The molecule has 0 unspecified atom stereocenters. The Bertz CT molecular complexity index is 430. The van der Waals surface area contributed by atoms with E-state index in [1.807, 2.05) is 12.1 Å². The van der Waals surface area contributed by atoms with Crippen LogP contribution in [0.25, 0.3) is 0 Å².